The summed E-state index contributed by atoms with van der Waals surface area (Å²) in [5.74, 6) is -0.108. The summed E-state index contributed by atoms with van der Waals surface area (Å²) in [6, 6.07) is 0. The van der Waals surface area contributed by atoms with Gasteiger partial charge in [-0.1, -0.05) is 19.3 Å². The number of hydrogen-bond acceptors (Lipinski definition) is 4. The largest absolute Gasteiger partial charge is 0.400 e. The zero-order valence-corrected chi connectivity index (χ0v) is 11.7. The Morgan fingerprint density at radius 2 is 1.80 bits per heavy atom. The first-order valence-corrected chi connectivity index (χ1v) is 7.89. The molecular weight excluding hydrogens is 301 g/mol. The Bertz CT molecular complexity index is 395. The summed E-state index contributed by atoms with van der Waals surface area (Å²) in [4.78, 5) is 0. The minimum Gasteiger partial charge on any atom is -0.368 e. The molecule has 0 amide bonds. The first-order chi connectivity index (χ1) is 9.16. The summed E-state index contributed by atoms with van der Waals surface area (Å²) in [6.45, 7) is -0.552. The second-order valence-corrected chi connectivity index (χ2v) is 6.45. The van der Waals surface area contributed by atoms with E-state index in [9.17, 15) is 26.7 Å². The van der Waals surface area contributed by atoms with Crippen LogP contribution in [0.4, 0.5) is 13.2 Å². The molecule has 1 fully saturated rings. The van der Waals surface area contributed by atoms with Crippen molar-refractivity contribution in [3.8, 4) is 0 Å². The van der Waals surface area contributed by atoms with Crippen molar-refractivity contribution in [2.75, 3.05) is 6.61 Å². The van der Waals surface area contributed by atoms with E-state index >= 15 is 0 Å². The average molecular weight is 320 g/mol. The van der Waals surface area contributed by atoms with Gasteiger partial charge in [-0.3, -0.25) is 4.55 Å². The maximum absolute atomic E-state index is 13.1. The summed E-state index contributed by atoms with van der Waals surface area (Å²) in [5, 5.41) is 4.78. The number of rotatable bonds is 7. The average Bonchev–Trinajstić information content (AvgIpc) is 2.38. The minimum absolute atomic E-state index is 0.108. The molecule has 0 radical (unpaired) electrons. The van der Waals surface area contributed by atoms with Gasteiger partial charge in [0.05, 0.1) is 6.61 Å². The lowest BCUT2D eigenvalue weighted by Crippen LogP contribution is -2.39. The highest BCUT2D eigenvalue weighted by molar-refractivity contribution is 7.86. The highest BCUT2D eigenvalue weighted by Crippen LogP contribution is 2.30. The number of ether oxygens (including phenoxy) is 1. The van der Waals surface area contributed by atoms with Crippen molar-refractivity contribution < 1.29 is 36.0 Å². The van der Waals surface area contributed by atoms with Gasteiger partial charge in [0.15, 0.2) is 12.5 Å². The summed E-state index contributed by atoms with van der Waals surface area (Å²) in [6.07, 6.45) is -0.733. The summed E-state index contributed by atoms with van der Waals surface area (Å²) in [5.41, 5.74) is 0. The van der Waals surface area contributed by atoms with Crippen LogP contribution < -0.4 is 0 Å². The fourth-order valence-corrected chi connectivity index (χ4v) is 2.62. The maximum atomic E-state index is 13.1. The van der Waals surface area contributed by atoms with Gasteiger partial charge in [-0.05, 0) is 12.8 Å². The van der Waals surface area contributed by atoms with Crippen LogP contribution >= 0.6 is 0 Å². The SMILES string of the molecule is O=S(=O)(O)C(F)(F)C(F)CCOC(O)C1CCCCC1. The second-order valence-electron chi connectivity index (χ2n) is 4.95. The van der Waals surface area contributed by atoms with Gasteiger partial charge >= 0.3 is 15.4 Å². The highest BCUT2D eigenvalue weighted by Gasteiger charge is 2.52. The standard InChI is InChI=1S/C11H19F3O5S/c12-9(11(13,14)20(16,17)18)6-7-19-10(15)8-4-2-1-3-5-8/h8-10,15H,1-7H2,(H,16,17,18). The molecule has 0 aromatic rings. The molecule has 2 atom stereocenters. The van der Waals surface area contributed by atoms with Crippen LogP contribution in [0.5, 0.6) is 0 Å². The number of aliphatic hydroxyl groups excluding tert-OH is 1. The molecule has 9 heteroatoms. The van der Waals surface area contributed by atoms with Crippen LogP contribution in [0.3, 0.4) is 0 Å². The predicted octanol–water partition coefficient (Wildman–Crippen LogP) is 2.11. The van der Waals surface area contributed by atoms with Crippen molar-refractivity contribution in [1.29, 1.82) is 0 Å². The summed E-state index contributed by atoms with van der Waals surface area (Å²) >= 11 is 0. The Morgan fingerprint density at radius 1 is 1.25 bits per heavy atom. The second kappa shape index (κ2) is 7.06. The number of alkyl halides is 3. The van der Waals surface area contributed by atoms with E-state index in [4.69, 9.17) is 9.29 Å². The van der Waals surface area contributed by atoms with Crippen molar-refractivity contribution >= 4 is 10.1 Å². The topological polar surface area (TPSA) is 83.8 Å². The van der Waals surface area contributed by atoms with E-state index in [1.165, 1.54) is 0 Å². The smallest absolute Gasteiger partial charge is 0.368 e. The molecule has 0 aliphatic heterocycles. The van der Waals surface area contributed by atoms with Gasteiger partial charge < -0.3 is 9.84 Å². The van der Waals surface area contributed by atoms with E-state index in [0.29, 0.717) is 0 Å². The highest BCUT2D eigenvalue weighted by atomic mass is 32.2. The first kappa shape index (κ1) is 17.7. The van der Waals surface area contributed by atoms with Gasteiger partial charge in [0, 0.05) is 12.3 Å². The van der Waals surface area contributed by atoms with Crippen LogP contribution in [0.2, 0.25) is 0 Å². The lowest BCUT2D eigenvalue weighted by molar-refractivity contribution is -0.147. The van der Waals surface area contributed by atoms with Gasteiger partial charge in [0.2, 0.25) is 0 Å². The Labute approximate surface area is 115 Å². The molecule has 0 aromatic heterocycles. The van der Waals surface area contributed by atoms with Crippen LogP contribution in [-0.2, 0) is 14.9 Å². The van der Waals surface area contributed by atoms with E-state index in [2.05, 4.69) is 0 Å². The van der Waals surface area contributed by atoms with E-state index in [1.807, 2.05) is 0 Å². The quantitative estimate of drug-likeness (QED) is 0.554. The Kier molecular flexibility index (Phi) is 6.24. The molecule has 1 aliphatic rings. The Hall–Kier alpha value is -0.380. The van der Waals surface area contributed by atoms with Crippen LogP contribution in [-0.4, -0.2) is 42.4 Å². The number of hydrogen-bond donors (Lipinski definition) is 2. The van der Waals surface area contributed by atoms with Gasteiger partial charge in [-0.15, -0.1) is 0 Å². The third kappa shape index (κ3) is 4.57. The van der Waals surface area contributed by atoms with Gasteiger partial charge in [0.25, 0.3) is 0 Å². The fraction of sp³-hybridized carbons (Fsp3) is 1.00. The van der Waals surface area contributed by atoms with Crippen LogP contribution in [0.25, 0.3) is 0 Å². The van der Waals surface area contributed by atoms with Crippen LogP contribution in [0.1, 0.15) is 38.5 Å². The molecule has 20 heavy (non-hydrogen) atoms. The zero-order valence-electron chi connectivity index (χ0n) is 10.8. The Balaban J connectivity index is 2.36. The van der Waals surface area contributed by atoms with E-state index in [0.717, 1.165) is 32.1 Å². The maximum Gasteiger partial charge on any atom is 0.400 e. The van der Waals surface area contributed by atoms with E-state index in [1.54, 1.807) is 0 Å². The van der Waals surface area contributed by atoms with Gasteiger partial charge in [-0.25, -0.2) is 4.39 Å². The summed E-state index contributed by atoms with van der Waals surface area (Å²) < 4.78 is 72.6. The van der Waals surface area contributed by atoms with Gasteiger partial charge in [-0.2, -0.15) is 17.2 Å². The third-order valence-corrected chi connectivity index (χ3v) is 4.37. The predicted molar refractivity (Wildman–Crippen MR) is 64.5 cm³/mol. The first-order valence-electron chi connectivity index (χ1n) is 6.45. The lowest BCUT2D eigenvalue weighted by atomic mass is 9.89. The minimum atomic E-state index is -5.80. The molecule has 1 saturated carbocycles. The molecule has 5 nitrogen and oxygen atoms in total. The molecular formula is C11H19F3O5S. The normalized spacial score (nSPS) is 21.6. The molecule has 0 heterocycles. The van der Waals surface area contributed by atoms with Crippen molar-refractivity contribution in [3.63, 3.8) is 0 Å². The van der Waals surface area contributed by atoms with E-state index in [-0.39, 0.29) is 5.92 Å². The lowest BCUT2D eigenvalue weighted by Gasteiger charge is -2.26. The molecule has 2 unspecified atom stereocenters. The fourth-order valence-electron chi connectivity index (χ4n) is 2.18. The molecule has 1 aliphatic carbocycles. The molecule has 2 N–H and O–H groups in total. The molecule has 120 valence electrons. The van der Waals surface area contributed by atoms with Crippen LogP contribution in [0.15, 0.2) is 0 Å². The molecule has 1 rings (SSSR count). The Morgan fingerprint density at radius 3 is 2.30 bits per heavy atom. The van der Waals surface area contributed by atoms with Crippen molar-refractivity contribution in [2.24, 2.45) is 5.92 Å². The molecule has 0 saturated heterocycles. The van der Waals surface area contributed by atoms with E-state index < -0.39 is 40.9 Å². The van der Waals surface area contributed by atoms with Crippen LogP contribution in [0, 0.1) is 5.92 Å². The zero-order chi connectivity index (χ0) is 15.4. The van der Waals surface area contributed by atoms with Gasteiger partial charge in [0.1, 0.15) is 0 Å². The van der Waals surface area contributed by atoms with Crippen molar-refractivity contribution in [1.82, 2.24) is 0 Å². The van der Waals surface area contributed by atoms with Crippen molar-refractivity contribution in [3.05, 3.63) is 0 Å². The third-order valence-electron chi connectivity index (χ3n) is 3.42. The summed E-state index contributed by atoms with van der Waals surface area (Å²) in [7, 11) is -5.80. The molecule has 0 aromatic carbocycles. The monoisotopic (exact) mass is 320 g/mol. The molecule has 0 bridgehead atoms. The number of aliphatic hydroxyl groups is 1. The van der Waals surface area contributed by atoms with Crippen molar-refractivity contribution in [2.45, 2.75) is 56.2 Å². The molecule has 0 spiro atoms. The number of halogens is 3.